The summed E-state index contributed by atoms with van der Waals surface area (Å²) in [6.07, 6.45) is 1.16. The lowest BCUT2D eigenvalue weighted by atomic mass is 10.2. The maximum absolute atomic E-state index is 13.3. The minimum absolute atomic E-state index is 0.0395. The summed E-state index contributed by atoms with van der Waals surface area (Å²) in [4.78, 5) is 21.9. The van der Waals surface area contributed by atoms with Gasteiger partial charge in [-0.25, -0.2) is 13.4 Å². The first-order chi connectivity index (χ1) is 16.1. The number of amides is 1. The van der Waals surface area contributed by atoms with Gasteiger partial charge in [0.2, 0.25) is 0 Å². The van der Waals surface area contributed by atoms with Crippen molar-refractivity contribution >= 4 is 33.0 Å². The zero-order chi connectivity index (χ0) is 24.3. The fourth-order valence-electron chi connectivity index (χ4n) is 3.61. The van der Waals surface area contributed by atoms with Gasteiger partial charge in [-0.05, 0) is 49.2 Å². The van der Waals surface area contributed by atoms with Gasteiger partial charge in [0.1, 0.15) is 10.6 Å². The van der Waals surface area contributed by atoms with Crippen LogP contribution in [0.2, 0.25) is 0 Å². The molecule has 0 unspecified atom stereocenters. The van der Waals surface area contributed by atoms with Crippen LogP contribution in [0, 0.1) is 0 Å². The van der Waals surface area contributed by atoms with Crippen LogP contribution in [0.3, 0.4) is 0 Å². The Bertz CT molecular complexity index is 1290. The fraction of sp³-hybridized carbons (Fsp3) is 0.227. The second-order valence-electron chi connectivity index (χ2n) is 7.61. The van der Waals surface area contributed by atoms with E-state index in [0.717, 1.165) is 31.0 Å². The molecule has 0 atom stereocenters. The number of carbonyl (C=O) groups is 1. The standard InChI is InChI=1S/C22H20F3N5O3S/c23-22(24,25)15-4-3-5-17(12-15)29-34(32,33)20-13-16(6-7-19(20)30-10-1-2-11-30)28-21(31)18-14-26-8-9-27-18/h3-9,12-14,29H,1-2,10-11H2,(H,28,31). The Morgan fingerprint density at radius 1 is 1.00 bits per heavy atom. The van der Waals surface area contributed by atoms with Gasteiger partial charge in [0.15, 0.2) is 0 Å². The topological polar surface area (TPSA) is 104 Å². The first-order valence-corrected chi connectivity index (χ1v) is 11.8. The van der Waals surface area contributed by atoms with Crippen molar-refractivity contribution in [2.45, 2.75) is 23.9 Å². The van der Waals surface area contributed by atoms with E-state index in [2.05, 4.69) is 20.0 Å². The van der Waals surface area contributed by atoms with Gasteiger partial charge in [0, 0.05) is 36.9 Å². The molecular weight excluding hydrogens is 471 g/mol. The molecule has 1 saturated heterocycles. The average molecular weight is 491 g/mol. The summed E-state index contributed by atoms with van der Waals surface area (Å²) < 4.78 is 68.0. The minimum atomic E-state index is -4.62. The molecule has 12 heteroatoms. The summed E-state index contributed by atoms with van der Waals surface area (Å²) in [6.45, 7) is 1.27. The highest BCUT2D eigenvalue weighted by Gasteiger charge is 2.31. The molecular formula is C22H20F3N5O3S. The van der Waals surface area contributed by atoms with E-state index in [-0.39, 0.29) is 22.0 Å². The number of rotatable bonds is 6. The summed E-state index contributed by atoms with van der Waals surface area (Å²) in [6, 6.07) is 8.35. The van der Waals surface area contributed by atoms with Crippen LogP contribution < -0.4 is 14.9 Å². The zero-order valence-electron chi connectivity index (χ0n) is 17.7. The number of halogens is 3. The van der Waals surface area contributed by atoms with E-state index in [1.165, 1.54) is 30.7 Å². The molecule has 0 bridgehead atoms. The highest BCUT2D eigenvalue weighted by Crippen LogP contribution is 2.34. The average Bonchev–Trinajstić information content (AvgIpc) is 3.34. The lowest BCUT2D eigenvalue weighted by Gasteiger charge is -2.22. The molecule has 1 amide bonds. The van der Waals surface area contributed by atoms with E-state index in [0.29, 0.717) is 18.8 Å². The summed E-state index contributed by atoms with van der Waals surface area (Å²) in [5.74, 6) is -0.587. The fourth-order valence-corrected chi connectivity index (χ4v) is 4.91. The van der Waals surface area contributed by atoms with Gasteiger partial charge in [-0.1, -0.05) is 6.07 Å². The minimum Gasteiger partial charge on any atom is -0.370 e. The third-order valence-corrected chi connectivity index (χ3v) is 6.60. The molecule has 1 aliphatic rings. The quantitative estimate of drug-likeness (QED) is 0.537. The third-order valence-electron chi connectivity index (χ3n) is 5.19. The molecule has 4 rings (SSSR count). The maximum atomic E-state index is 13.3. The van der Waals surface area contributed by atoms with Gasteiger partial charge < -0.3 is 10.2 Å². The van der Waals surface area contributed by atoms with Crippen molar-refractivity contribution in [1.82, 2.24) is 9.97 Å². The number of hydrogen-bond donors (Lipinski definition) is 2. The predicted molar refractivity (Wildman–Crippen MR) is 120 cm³/mol. The third kappa shape index (κ3) is 5.28. The maximum Gasteiger partial charge on any atom is 0.416 e. The Labute approximate surface area is 193 Å². The number of aromatic nitrogens is 2. The normalized spacial score (nSPS) is 14.1. The smallest absolute Gasteiger partial charge is 0.370 e. The van der Waals surface area contributed by atoms with Crippen molar-refractivity contribution in [3.63, 3.8) is 0 Å². The molecule has 1 fully saturated rings. The van der Waals surface area contributed by atoms with Crippen LogP contribution in [0.5, 0.6) is 0 Å². The Morgan fingerprint density at radius 2 is 1.76 bits per heavy atom. The monoisotopic (exact) mass is 491 g/mol. The molecule has 0 saturated carbocycles. The SMILES string of the molecule is O=C(Nc1ccc(N2CCCC2)c(S(=O)(=O)Nc2cccc(C(F)(F)F)c2)c1)c1cnccn1. The van der Waals surface area contributed by atoms with Crippen LogP contribution in [0.25, 0.3) is 0 Å². The molecule has 0 spiro atoms. The van der Waals surface area contributed by atoms with E-state index in [1.807, 2.05) is 4.90 Å². The number of anilines is 3. The number of benzene rings is 2. The molecule has 34 heavy (non-hydrogen) atoms. The van der Waals surface area contributed by atoms with Crippen molar-refractivity contribution in [2.24, 2.45) is 0 Å². The number of hydrogen-bond acceptors (Lipinski definition) is 6. The van der Waals surface area contributed by atoms with Gasteiger partial charge in [0.25, 0.3) is 15.9 Å². The molecule has 3 aromatic rings. The molecule has 2 aromatic carbocycles. The molecule has 2 N–H and O–H groups in total. The highest BCUT2D eigenvalue weighted by atomic mass is 32.2. The number of nitrogens with one attached hydrogen (secondary N) is 2. The van der Waals surface area contributed by atoms with Crippen LogP contribution in [0.1, 0.15) is 28.9 Å². The van der Waals surface area contributed by atoms with Crippen LogP contribution in [0.4, 0.5) is 30.2 Å². The van der Waals surface area contributed by atoms with E-state index < -0.39 is 27.7 Å². The molecule has 8 nitrogen and oxygen atoms in total. The zero-order valence-corrected chi connectivity index (χ0v) is 18.5. The van der Waals surface area contributed by atoms with Crippen molar-refractivity contribution < 1.29 is 26.4 Å². The number of nitrogens with zero attached hydrogens (tertiary/aromatic N) is 3. The first kappa shape index (κ1) is 23.5. The Hall–Kier alpha value is -3.67. The molecule has 1 aliphatic heterocycles. The van der Waals surface area contributed by atoms with E-state index >= 15 is 0 Å². The van der Waals surface area contributed by atoms with E-state index in [9.17, 15) is 26.4 Å². The van der Waals surface area contributed by atoms with Crippen molar-refractivity contribution in [1.29, 1.82) is 0 Å². The number of alkyl halides is 3. The van der Waals surface area contributed by atoms with Gasteiger partial charge in [-0.15, -0.1) is 0 Å². The van der Waals surface area contributed by atoms with Gasteiger partial charge >= 0.3 is 6.18 Å². The predicted octanol–water partition coefficient (Wildman–Crippen LogP) is 4.15. The highest BCUT2D eigenvalue weighted by molar-refractivity contribution is 7.92. The Balaban J connectivity index is 1.69. The second kappa shape index (κ2) is 9.29. The van der Waals surface area contributed by atoms with Crippen molar-refractivity contribution in [3.05, 3.63) is 72.3 Å². The molecule has 0 aliphatic carbocycles. The van der Waals surface area contributed by atoms with Gasteiger partial charge in [-0.2, -0.15) is 13.2 Å². The Kier molecular flexibility index (Phi) is 6.42. The molecule has 1 aromatic heterocycles. The van der Waals surface area contributed by atoms with Crippen LogP contribution >= 0.6 is 0 Å². The van der Waals surface area contributed by atoms with Crippen molar-refractivity contribution in [3.8, 4) is 0 Å². The summed E-state index contributed by atoms with van der Waals surface area (Å²) in [5, 5.41) is 2.58. The van der Waals surface area contributed by atoms with Crippen LogP contribution in [0.15, 0.2) is 66.0 Å². The van der Waals surface area contributed by atoms with Crippen LogP contribution in [-0.4, -0.2) is 37.4 Å². The van der Waals surface area contributed by atoms with Gasteiger partial charge in [-0.3, -0.25) is 14.5 Å². The summed E-state index contributed by atoms with van der Waals surface area (Å²) in [5.41, 5.74) is -0.580. The lowest BCUT2D eigenvalue weighted by Crippen LogP contribution is -2.23. The lowest BCUT2D eigenvalue weighted by molar-refractivity contribution is -0.137. The summed E-state index contributed by atoms with van der Waals surface area (Å²) >= 11 is 0. The number of carbonyl (C=O) groups excluding carboxylic acids is 1. The van der Waals surface area contributed by atoms with Gasteiger partial charge in [0.05, 0.1) is 17.4 Å². The van der Waals surface area contributed by atoms with E-state index in [1.54, 1.807) is 12.1 Å². The van der Waals surface area contributed by atoms with Crippen molar-refractivity contribution in [2.75, 3.05) is 28.0 Å². The Morgan fingerprint density at radius 3 is 2.44 bits per heavy atom. The molecule has 2 heterocycles. The van der Waals surface area contributed by atoms with E-state index in [4.69, 9.17) is 0 Å². The molecule has 0 radical (unpaired) electrons. The first-order valence-electron chi connectivity index (χ1n) is 10.3. The molecule has 178 valence electrons. The second-order valence-corrected chi connectivity index (χ2v) is 9.26. The largest absolute Gasteiger partial charge is 0.416 e. The summed E-state index contributed by atoms with van der Waals surface area (Å²) in [7, 11) is -4.30. The number of sulfonamides is 1. The van der Waals surface area contributed by atoms with Crippen LogP contribution in [-0.2, 0) is 16.2 Å².